The van der Waals surface area contributed by atoms with Gasteiger partial charge in [0.25, 0.3) is 15.9 Å². The Morgan fingerprint density at radius 1 is 1.03 bits per heavy atom. The summed E-state index contributed by atoms with van der Waals surface area (Å²) < 4.78 is 40.9. The van der Waals surface area contributed by atoms with Gasteiger partial charge < -0.3 is 10.2 Å². The first-order valence-corrected chi connectivity index (χ1v) is 12.2. The van der Waals surface area contributed by atoms with Crippen LogP contribution in [0.1, 0.15) is 48.0 Å². The van der Waals surface area contributed by atoms with Gasteiger partial charge in [-0.15, -0.1) is 0 Å². The smallest absolute Gasteiger partial charge is 0.261 e. The van der Waals surface area contributed by atoms with E-state index in [1.807, 2.05) is 0 Å². The molecule has 0 atom stereocenters. The lowest BCUT2D eigenvalue weighted by Crippen LogP contribution is -2.31. The van der Waals surface area contributed by atoms with Crippen molar-refractivity contribution in [3.05, 3.63) is 59.4 Å². The average molecular weight is 448 g/mol. The summed E-state index contributed by atoms with van der Waals surface area (Å²) >= 11 is 0. The summed E-state index contributed by atoms with van der Waals surface area (Å²) in [5.41, 5.74) is 1.28. The molecule has 31 heavy (non-hydrogen) atoms. The molecular formula is C23H30FN3O3S. The summed E-state index contributed by atoms with van der Waals surface area (Å²) in [6.45, 7) is 5.51. The standard InChI is InChI=1S/C23H30FN3O3S/c1-18-7-12-21(31(29,30)26-20-10-8-19(24)9-11-20)17-22(18)23(28)25-13-6-16-27-14-4-2-3-5-15-27/h7-12,17,26H,2-6,13-16H2,1H3,(H,25,28). The number of benzene rings is 2. The molecule has 0 aromatic heterocycles. The first-order chi connectivity index (χ1) is 14.8. The number of carbonyl (C=O) groups excluding carboxylic acids is 1. The zero-order valence-corrected chi connectivity index (χ0v) is 18.7. The number of likely N-dealkylation sites (tertiary alicyclic amines) is 1. The van der Waals surface area contributed by atoms with Gasteiger partial charge in [0.2, 0.25) is 0 Å². The lowest BCUT2D eigenvalue weighted by atomic mass is 10.1. The molecule has 2 aromatic carbocycles. The maximum Gasteiger partial charge on any atom is 0.261 e. The van der Waals surface area contributed by atoms with Crippen LogP contribution in [0.2, 0.25) is 0 Å². The third-order valence-electron chi connectivity index (χ3n) is 5.50. The molecule has 3 rings (SSSR count). The second-order valence-corrected chi connectivity index (χ2v) is 9.64. The predicted octanol–water partition coefficient (Wildman–Crippen LogP) is 3.93. The third kappa shape index (κ3) is 6.77. The van der Waals surface area contributed by atoms with Crippen molar-refractivity contribution in [1.29, 1.82) is 0 Å². The number of nitrogens with one attached hydrogen (secondary N) is 2. The Balaban J connectivity index is 1.60. The third-order valence-corrected chi connectivity index (χ3v) is 6.87. The van der Waals surface area contributed by atoms with Gasteiger partial charge >= 0.3 is 0 Å². The number of hydrogen-bond acceptors (Lipinski definition) is 4. The van der Waals surface area contributed by atoms with Crippen LogP contribution in [0.3, 0.4) is 0 Å². The molecule has 0 radical (unpaired) electrons. The summed E-state index contributed by atoms with van der Waals surface area (Å²) in [6.07, 6.45) is 5.91. The number of nitrogens with zero attached hydrogens (tertiary/aromatic N) is 1. The molecule has 0 unspecified atom stereocenters. The number of halogens is 1. The molecule has 1 heterocycles. The van der Waals surface area contributed by atoms with Crippen LogP contribution in [0.5, 0.6) is 0 Å². The monoisotopic (exact) mass is 447 g/mol. The molecule has 8 heteroatoms. The fraction of sp³-hybridized carbons (Fsp3) is 0.435. The Bertz CT molecular complexity index is 986. The number of aryl methyl sites for hydroxylation is 1. The van der Waals surface area contributed by atoms with Crippen LogP contribution in [0, 0.1) is 12.7 Å². The van der Waals surface area contributed by atoms with Crippen LogP contribution in [0.15, 0.2) is 47.4 Å². The molecular weight excluding hydrogens is 417 g/mol. The van der Waals surface area contributed by atoms with Crippen molar-refractivity contribution in [2.75, 3.05) is 30.9 Å². The van der Waals surface area contributed by atoms with Gasteiger partial charge in [0.05, 0.1) is 4.90 Å². The Kier molecular flexibility index (Phi) is 8.03. The highest BCUT2D eigenvalue weighted by molar-refractivity contribution is 7.92. The summed E-state index contributed by atoms with van der Waals surface area (Å²) in [4.78, 5) is 15.1. The highest BCUT2D eigenvalue weighted by Gasteiger charge is 2.18. The minimum atomic E-state index is -3.90. The van der Waals surface area contributed by atoms with E-state index in [1.54, 1.807) is 13.0 Å². The quantitative estimate of drug-likeness (QED) is 0.601. The second kappa shape index (κ2) is 10.7. The molecule has 1 aliphatic rings. The van der Waals surface area contributed by atoms with Gasteiger partial charge in [-0.05, 0) is 87.8 Å². The van der Waals surface area contributed by atoms with E-state index in [1.165, 1.54) is 62.1 Å². The van der Waals surface area contributed by atoms with Crippen molar-refractivity contribution in [2.45, 2.75) is 43.9 Å². The molecule has 2 N–H and O–H groups in total. The lowest BCUT2D eigenvalue weighted by Gasteiger charge is -2.19. The zero-order chi connectivity index (χ0) is 22.3. The Morgan fingerprint density at radius 3 is 2.39 bits per heavy atom. The van der Waals surface area contributed by atoms with Gasteiger partial charge in [-0.25, -0.2) is 12.8 Å². The van der Waals surface area contributed by atoms with Gasteiger partial charge in [-0.3, -0.25) is 9.52 Å². The van der Waals surface area contributed by atoms with Crippen molar-refractivity contribution in [1.82, 2.24) is 10.2 Å². The van der Waals surface area contributed by atoms with Gasteiger partial charge in [-0.1, -0.05) is 18.9 Å². The molecule has 1 amide bonds. The summed E-state index contributed by atoms with van der Waals surface area (Å²) in [7, 11) is -3.90. The molecule has 2 aromatic rings. The van der Waals surface area contributed by atoms with Gasteiger partial charge in [0.1, 0.15) is 5.82 Å². The van der Waals surface area contributed by atoms with Crippen molar-refractivity contribution in [3.63, 3.8) is 0 Å². The Labute approximate surface area is 183 Å². The highest BCUT2D eigenvalue weighted by Crippen LogP contribution is 2.20. The number of amides is 1. The largest absolute Gasteiger partial charge is 0.352 e. The SMILES string of the molecule is Cc1ccc(S(=O)(=O)Nc2ccc(F)cc2)cc1C(=O)NCCCN1CCCCCC1. The lowest BCUT2D eigenvalue weighted by molar-refractivity contribution is 0.0951. The van der Waals surface area contributed by atoms with Crippen LogP contribution in [0.4, 0.5) is 10.1 Å². The molecule has 1 saturated heterocycles. The van der Waals surface area contributed by atoms with E-state index in [-0.39, 0.29) is 16.5 Å². The number of hydrogen-bond donors (Lipinski definition) is 2. The predicted molar refractivity (Wildman–Crippen MR) is 120 cm³/mol. The van der Waals surface area contributed by atoms with Crippen molar-refractivity contribution < 1.29 is 17.6 Å². The second-order valence-electron chi connectivity index (χ2n) is 7.95. The van der Waals surface area contributed by atoms with Crippen LogP contribution in [0.25, 0.3) is 0 Å². The van der Waals surface area contributed by atoms with Crippen LogP contribution >= 0.6 is 0 Å². The number of carbonyl (C=O) groups is 1. The molecule has 0 bridgehead atoms. The molecule has 168 valence electrons. The fourth-order valence-corrected chi connectivity index (χ4v) is 4.79. The molecule has 0 saturated carbocycles. The van der Waals surface area contributed by atoms with Crippen LogP contribution < -0.4 is 10.0 Å². The topological polar surface area (TPSA) is 78.5 Å². The normalized spacial score (nSPS) is 15.3. The maximum atomic E-state index is 13.1. The van der Waals surface area contributed by atoms with Crippen LogP contribution in [-0.2, 0) is 10.0 Å². The molecule has 1 aliphatic heterocycles. The Hall–Kier alpha value is -2.45. The highest BCUT2D eigenvalue weighted by atomic mass is 32.2. The minimum Gasteiger partial charge on any atom is -0.352 e. The van der Waals surface area contributed by atoms with E-state index in [0.717, 1.165) is 26.1 Å². The molecule has 1 fully saturated rings. The van der Waals surface area contributed by atoms with Gasteiger partial charge in [0, 0.05) is 17.8 Å². The van der Waals surface area contributed by atoms with Gasteiger partial charge in [-0.2, -0.15) is 0 Å². The van der Waals surface area contributed by atoms with Crippen molar-refractivity contribution >= 4 is 21.6 Å². The van der Waals surface area contributed by atoms with E-state index < -0.39 is 15.8 Å². The van der Waals surface area contributed by atoms with E-state index in [2.05, 4.69) is 14.9 Å². The van der Waals surface area contributed by atoms with Crippen molar-refractivity contribution in [2.24, 2.45) is 0 Å². The first-order valence-electron chi connectivity index (χ1n) is 10.7. The maximum absolute atomic E-state index is 13.1. The summed E-state index contributed by atoms with van der Waals surface area (Å²) in [5, 5.41) is 2.91. The number of anilines is 1. The number of rotatable bonds is 8. The minimum absolute atomic E-state index is 0.0165. The summed E-state index contributed by atoms with van der Waals surface area (Å²) in [5.74, 6) is -0.736. The van der Waals surface area contributed by atoms with E-state index >= 15 is 0 Å². The van der Waals surface area contributed by atoms with Crippen molar-refractivity contribution in [3.8, 4) is 0 Å². The molecule has 0 spiro atoms. The van der Waals surface area contributed by atoms with Gasteiger partial charge in [0.15, 0.2) is 0 Å². The van der Waals surface area contributed by atoms with Crippen LogP contribution in [-0.4, -0.2) is 45.4 Å². The molecule has 0 aliphatic carbocycles. The zero-order valence-electron chi connectivity index (χ0n) is 17.9. The van der Waals surface area contributed by atoms with E-state index in [4.69, 9.17) is 0 Å². The molecule has 6 nitrogen and oxygen atoms in total. The van der Waals surface area contributed by atoms with E-state index in [9.17, 15) is 17.6 Å². The first kappa shape index (κ1) is 23.2. The average Bonchev–Trinajstić information content (AvgIpc) is 3.01. The Morgan fingerprint density at radius 2 is 1.71 bits per heavy atom. The van der Waals surface area contributed by atoms with E-state index in [0.29, 0.717) is 17.7 Å². The summed E-state index contributed by atoms with van der Waals surface area (Å²) in [6, 6.07) is 9.50. The number of sulfonamides is 1. The fourth-order valence-electron chi connectivity index (χ4n) is 3.70.